The Morgan fingerprint density at radius 3 is 2.55 bits per heavy atom. The molecule has 1 fully saturated rings. The van der Waals surface area contributed by atoms with Crippen LogP contribution in [-0.4, -0.2) is 37.5 Å². The summed E-state index contributed by atoms with van der Waals surface area (Å²) in [6.45, 7) is 7.10. The maximum atomic E-state index is 12.3. The molecule has 110 valence electrons. The van der Waals surface area contributed by atoms with Crippen LogP contribution in [-0.2, 0) is 4.79 Å². The molecule has 1 saturated heterocycles. The first-order chi connectivity index (χ1) is 9.47. The van der Waals surface area contributed by atoms with Crippen molar-refractivity contribution >= 4 is 17.3 Å². The molecule has 0 radical (unpaired) electrons. The predicted octanol–water partition coefficient (Wildman–Crippen LogP) is 2.21. The molecule has 2 unspecified atom stereocenters. The van der Waals surface area contributed by atoms with Gasteiger partial charge in [-0.1, -0.05) is 13.8 Å². The van der Waals surface area contributed by atoms with Crippen LogP contribution in [0.3, 0.4) is 0 Å². The average Bonchev–Trinajstić information content (AvgIpc) is 2.43. The van der Waals surface area contributed by atoms with E-state index in [1.165, 1.54) is 6.42 Å². The van der Waals surface area contributed by atoms with Gasteiger partial charge in [-0.05, 0) is 49.1 Å². The van der Waals surface area contributed by atoms with E-state index < -0.39 is 0 Å². The highest BCUT2D eigenvalue weighted by Crippen LogP contribution is 2.22. The highest BCUT2D eigenvalue weighted by atomic mass is 16.2. The number of nitrogens with zero attached hydrogens (tertiary/aromatic N) is 2. The van der Waals surface area contributed by atoms with E-state index in [9.17, 15) is 4.79 Å². The highest BCUT2D eigenvalue weighted by molar-refractivity contribution is 5.94. The Hall–Kier alpha value is -1.55. The molecule has 2 rings (SSSR count). The first kappa shape index (κ1) is 14.9. The van der Waals surface area contributed by atoms with Gasteiger partial charge in [-0.3, -0.25) is 9.69 Å². The molecule has 2 N–H and O–H groups in total. The summed E-state index contributed by atoms with van der Waals surface area (Å²) in [4.78, 5) is 16.3. The van der Waals surface area contributed by atoms with Gasteiger partial charge in [0.1, 0.15) is 0 Å². The monoisotopic (exact) mass is 275 g/mol. The van der Waals surface area contributed by atoms with Gasteiger partial charge >= 0.3 is 0 Å². The average molecular weight is 275 g/mol. The molecule has 0 aliphatic carbocycles. The highest BCUT2D eigenvalue weighted by Gasteiger charge is 2.25. The number of hydrogen-bond donors (Lipinski definition) is 1. The van der Waals surface area contributed by atoms with E-state index in [1.807, 2.05) is 31.3 Å². The fraction of sp³-hybridized carbons (Fsp3) is 0.562. The van der Waals surface area contributed by atoms with Crippen LogP contribution in [0.25, 0.3) is 0 Å². The Kier molecular flexibility index (Phi) is 4.65. The van der Waals surface area contributed by atoms with Crippen molar-refractivity contribution in [1.29, 1.82) is 0 Å². The zero-order valence-corrected chi connectivity index (χ0v) is 12.7. The predicted molar refractivity (Wildman–Crippen MR) is 83.6 cm³/mol. The van der Waals surface area contributed by atoms with Crippen LogP contribution >= 0.6 is 0 Å². The van der Waals surface area contributed by atoms with E-state index in [0.717, 1.165) is 24.7 Å². The molecule has 0 saturated carbocycles. The number of likely N-dealkylation sites (tertiary alicyclic amines) is 1. The molecule has 4 nitrogen and oxygen atoms in total. The molecule has 1 aliphatic rings. The van der Waals surface area contributed by atoms with Crippen LogP contribution in [0, 0.1) is 11.8 Å². The maximum Gasteiger partial charge on any atom is 0.240 e. The van der Waals surface area contributed by atoms with Crippen molar-refractivity contribution in [2.24, 2.45) is 11.8 Å². The van der Waals surface area contributed by atoms with Crippen molar-refractivity contribution in [2.75, 3.05) is 37.3 Å². The van der Waals surface area contributed by atoms with E-state index in [-0.39, 0.29) is 5.91 Å². The third-order valence-corrected chi connectivity index (χ3v) is 4.43. The standard InChI is InChI=1S/C16H25N3O/c1-12-8-9-19(10-13(12)2)11-16(20)18(3)15-6-4-14(17)5-7-15/h4-7,12-13H,8-11,17H2,1-3H3. The molecule has 0 bridgehead atoms. The van der Waals surface area contributed by atoms with Gasteiger partial charge in [0.15, 0.2) is 0 Å². The zero-order chi connectivity index (χ0) is 14.7. The first-order valence-corrected chi connectivity index (χ1v) is 7.32. The topological polar surface area (TPSA) is 49.6 Å². The summed E-state index contributed by atoms with van der Waals surface area (Å²) in [5.74, 6) is 1.56. The second kappa shape index (κ2) is 6.27. The number of piperidine rings is 1. The van der Waals surface area contributed by atoms with Crippen molar-refractivity contribution in [3.8, 4) is 0 Å². The van der Waals surface area contributed by atoms with E-state index in [0.29, 0.717) is 18.2 Å². The Bertz CT molecular complexity index is 457. The molecule has 1 amide bonds. The third kappa shape index (κ3) is 3.51. The Balaban J connectivity index is 1.93. The molecular formula is C16H25N3O. The third-order valence-electron chi connectivity index (χ3n) is 4.43. The van der Waals surface area contributed by atoms with Crippen molar-refractivity contribution in [1.82, 2.24) is 4.90 Å². The van der Waals surface area contributed by atoms with Gasteiger partial charge in [0.25, 0.3) is 0 Å². The Morgan fingerprint density at radius 2 is 1.95 bits per heavy atom. The Morgan fingerprint density at radius 1 is 1.30 bits per heavy atom. The van der Waals surface area contributed by atoms with Gasteiger partial charge in [-0.2, -0.15) is 0 Å². The van der Waals surface area contributed by atoms with Gasteiger partial charge in [-0.15, -0.1) is 0 Å². The number of nitrogens with two attached hydrogens (primary N) is 1. The first-order valence-electron chi connectivity index (χ1n) is 7.32. The largest absolute Gasteiger partial charge is 0.399 e. The minimum atomic E-state index is 0.136. The molecule has 1 aromatic rings. The van der Waals surface area contributed by atoms with Crippen molar-refractivity contribution in [2.45, 2.75) is 20.3 Å². The van der Waals surface area contributed by atoms with Crippen molar-refractivity contribution in [3.05, 3.63) is 24.3 Å². The molecule has 1 aromatic carbocycles. The van der Waals surface area contributed by atoms with Crippen LogP contribution < -0.4 is 10.6 Å². The molecule has 1 heterocycles. The Labute approximate surface area is 121 Å². The molecular weight excluding hydrogens is 250 g/mol. The molecule has 0 spiro atoms. The maximum absolute atomic E-state index is 12.3. The lowest BCUT2D eigenvalue weighted by atomic mass is 9.89. The normalized spacial score (nSPS) is 23.6. The van der Waals surface area contributed by atoms with Gasteiger partial charge in [0, 0.05) is 25.0 Å². The van der Waals surface area contributed by atoms with Crippen LogP contribution in [0.5, 0.6) is 0 Å². The summed E-state index contributed by atoms with van der Waals surface area (Å²) in [5.41, 5.74) is 7.28. The van der Waals surface area contributed by atoms with Crippen LogP contribution in [0.2, 0.25) is 0 Å². The number of carbonyl (C=O) groups excluding carboxylic acids is 1. The summed E-state index contributed by atoms with van der Waals surface area (Å²) < 4.78 is 0. The lowest BCUT2D eigenvalue weighted by Crippen LogP contribution is -2.44. The number of amides is 1. The quantitative estimate of drug-likeness (QED) is 0.860. The van der Waals surface area contributed by atoms with E-state index in [2.05, 4.69) is 18.7 Å². The zero-order valence-electron chi connectivity index (χ0n) is 12.7. The summed E-state index contributed by atoms with van der Waals surface area (Å²) in [5, 5.41) is 0. The number of hydrogen-bond acceptors (Lipinski definition) is 3. The minimum absolute atomic E-state index is 0.136. The number of benzene rings is 1. The summed E-state index contributed by atoms with van der Waals surface area (Å²) >= 11 is 0. The van der Waals surface area contributed by atoms with Gasteiger partial charge in [0.2, 0.25) is 5.91 Å². The van der Waals surface area contributed by atoms with E-state index >= 15 is 0 Å². The van der Waals surface area contributed by atoms with Crippen molar-refractivity contribution in [3.63, 3.8) is 0 Å². The fourth-order valence-corrected chi connectivity index (χ4v) is 2.63. The van der Waals surface area contributed by atoms with Crippen LogP contribution in [0.4, 0.5) is 11.4 Å². The number of likely N-dealkylation sites (N-methyl/N-ethyl adjacent to an activating group) is 1. The fourth-order valence-electron chi connectivity index (χ4n) is 2.63. The van der Waals surface area contributed by atoms with Gasteiger partial charge in [-0.25, -0.2) is 0 Å². The second-order valence-electron chi connectivity index (χ2n) is 6.02. The number of carbonyl (C=O) groups is 1. The number of anilines is 2. The lowest BCUT2D eigenvalue weighted by molar-refractivity contribution is -0.120. The van der Waals surface area contributed by atoms with Gasteiger partial charge < -0.3 is 10.6 Å². The summed E-state index contributed by atoms with van der Waals surface area (Å²) in [6, 6.07) is 7.41. The van der Waals surface area contributed by atoms with Crippen LogP contribution in [0.1, 0.15) is 20.3 Å². The van der Waals surface area contributed by atoms with E-state index in [4.69, 9.17) is 5.73 Å². The molecule has 2 atom stereocenters. The minimum Gasteiger partial charge on any atom is -0.399 e. The SMILES string of the molecule is CC1CCN(CC(=O)N(C)c2ccc(N)cc2)CC1C. The van der Waals surface area contributed by atoms with Crippen molar-refractivity contribution < 1.29 is 4.79 Å². The summed E-state index contributed by atoms with van der Waals surface area (Å²) in [7, 11) is 1.82. The lowest BCUT2D eigenvalue weighted by Gasteiger charge is -2.35. The molecule has 1 aliphatic heterocycles. The number of nitrogen functional groups attached to an aromatic ring is 1. The molecule has 20 heavy (non-hydrogen) atoms. The summed E-state index contributed by atoms with van der Waals surface area (Å²) in [6.07, 6.45) is 1.18. The molecule has 0 aromatic heterocycles. The number of rotatable bonds is 3. The van der Waals surface area contributed by atoms with Crippen LogP contribution in [0.15, 0.2) is 24.3 Å². The smallest absolute Gasteiger partial charge is 0.240 e. The molecule has 4 heteroatoms. The van der Waals surface area contributed by atoms with Gasteiger partial charge in [0.05, 0.1) is 6.54 Å². The second-order valence-corrected chi connectivity index (χ2v) is 6.02. The van der Waals surface area contributed by atoms with E-state index in [1.54, 1.807) is 4.90 Å².